The molecule has 1 N–H and O–H groups in total. The number of fused-ring (bicyclic) bond motifs is 1. The van der Waals surface area contributed by atoms with Crippen molar-refractivity contribution in [2.24, 2.45) is 0 Å². The molecule has 2 fully saturated rings. The summed E-state index contributed by atoms with van der Waals surface area (Å²) in [5.41, 5.74) is -0.317. The van der Waals surface area contributed by atoms with Gasteiger partial charge in [-0.15, -0.1) is 11.3 Å². The zero-order valence-corrected chi connectivity index (χ0v) is 14.2. The molecule has 0 unspecified atom stereocenters. The van der Waals surface area contributed by atoms with Gasteiger partial charge in [-0.05, 0) is 38.2 Å². The normalized spacial score (nSPS) is 18.6. The molecule has 0 bridgehead atoms. The first-order valence-corrected chi connectivity index (χ1v) is 9.18. The number of hydrogen-bond acceptors (Lipinski definition) is 4. The molecule has 1 aliphatic heterocycles. The molecule has 0 spiro atoms. The lowest BCUT2D eigenvalue weighted by molar-refractivity contribution is -0.136. The van der Waals surface area contributed by atoms with Crippen molar-refractivity contribution < 1.29 is 18.0 Å². The summed E-state index contributed by atoms with van der Waals surface area (Å²) in [5.74, 6) is -0.0368. The Bertz CT molecular complexity index is 807. The van der Waals surface area contributed by atoms with Gasteiger partial charge in [-0.25, -0.2) is 4.98 Å². The standard InChI is InChI=1S/C17H17F3N3OS/c18-17(19,20)12-8-13(23-6-2-1-3-7-23)22-14-11(9-25-15(12)14)16(24)21-10-4-5-10/h1,8-10H,2-7H2,(H,21,24). The number of amides is 1. The van der Waals surface area contributed by atoms with Gasteiger partial charge >= 0.3 is 6.18 Å². The van der Waals surface area contributed by atoms with Crippen molar-refractivity contribution in [3.05, 3.63) is 29.0 Å². The molecular weight excluding hydrogens is 351 g/mol. The summed E-state index contributed by atoms with van der Waals surface area (Å²) in [6.45, 7) is 1.28. The average molecular weight is 368 g/mol. The molecule has 1 radical (unpaired) electrons. The van der Waals surface area contributed by atoms with Crippen LogP contribution in [-0.2, 0) is 6.18 Å². The Hall–Kier alpha value is -1.83. The van der Waals surface area contributed by atoms with E-state index in [0.29, 0.717) is 18.9 Å². The van der Waals surface area contributed by atoms with Crippen LogP contribution in [0.5, 0.6) is 0 Å². The van der Waals surface area contributed by atoms with Crippen LogP contribution in [-0.4, -0.2) is 30.0 Å². The van der Waals surface area contributed by atoms with Crippen LogP contribution in [0.15, 0.2) is 11.4 Å². The van der Waals surface area contributed by atoms with E-state index in [0.717, 1.165) is 43.1 Å². The maximum Gasteiger partial charge on any atom is 0.417 e. The van der Waals surface area contributed by atoms with E-state index in [1.54, 1.807) is 0 Å². The van der Waals surface area contributed by atoms with Gasteiger partial charge in [0, 0.05) is 24.5 Å². The summed E-state index contributed by atoms with van der Waals surface area (Å²) in [4.78, 5) is 18.7. The molecule has 4 rings (SSSR count). The van der Waals surface area contributed by atoms with Crippen molar-refractivity contribution in [2.75, 3.05) is 18.0 Å². The third-order valence-corrected chi connectivity index (χ3v) is 5.50. The van der Waals surface area contributed by atoms with E-state index in [9.17, 15) is 18.0 Å². The van der Waals surface area contributed by atoms with Gasteiger partial charge in [-0.2, -0.15) is 13.2 Å². The van der Waals surface area contributed by atoms with Gasteiger partial charge in [0.05, 0.1) is 21.3 Å². The van der Waals surface area contributed by atoms with Crippen molar-refractivity contribution in [1.82, 2.24) is 10.3 Å². The molecule has 0 aromatic carbocycles. The number of pyridine rings is 1. The lowest BCUT2D eigenvalue weighted by Gasteiger charge is -2.28. The Kier molecular flexibility index (Phi) is 4.10. The van der Waals surface area contributed by atoms with Gasteiger partial charge in [0.15, 0.2) is 0 Å². The summed E-state index contributed by atoms with van der Waals surface area (Å²) in [7, 11) is 0. The van der Waals surface area contributed by atoms with Crippen LogP contribution >= 0.6 is 11.3 Å². The minimum atomic E-state index is -4.48. The number of alkyl halides is 3. The molecule has 8 heteroatoms. The number of carbonyl (C=O) groups is 1. The highest BCUT2D eigenvalue weighted by Crippen LogP contribution is 2.40. The zero-order chi connectivity index (χ0) is 17.6. The number of halogens is 3. The maximum absolute atomic E-state index is 13.5. The molecule has 4 nitrogen and oxygen atoms in total. The fourth-order valence-electron chi connectivity index (χ4n) is 3.00. The molecule has 2 aromatic heterocycles. The largest absolute Gasteiger partial charge is 0.417 e. The lowest BCUT2D eigenvalue weighted by Crippen LogP contribution is -2.31. The summed E-state index contributed by atoms with van der Waals surface area (Å²) >= 11 is 0.931. The van der Waals surface area contributed by atoms with Crippen molar-refractivity contribution in [2.45, 2.75) is 37.9 Å². The third kappa shape index (κ3) is 3.31. The van der Waals surface area contributed by atoms with Crippen molar-refractivity contribution in [1.29, 1.82) is 0 Å². The van der Waals surface area contributed by atoms with Crippen LogP contribution in [0.1, 0.15) is 41.6 Å². The van der Waals surface area contributed by atoms with E-state index < -0.39 is 11.7 Å². The second-order valence-electron chi connectivity index (χ2n) is 6.45. The number of hydrogen-bond donors (Lipinski definition) is 1. The summed E-state index contributed by atoms with van der Waals surface area (Å²) in [6.07, 6.45) is 1.13. The van der Waals surface area contributed by atoms with Crippen LogP contribution < -0.4 is 10.2 Å². The smallest absolute Gasteiger partial charge is 0.357 e. The van der Waals surface area contributed by atoms with E-state index >= 15 is 0 Å². The molecule has 1 saturated heterocycles. The predicted octanol–water partition coefficient (Wildman–Crippen LogP) is 4.01. The fourth-order valence-corrected chi connectivity index (χ4v) is 4.02. The summed E-state index contributed by atoms with van der Waals surface area (Å²) < 4.78 is 40.7. The number of nitrogens with one attached hydrogen (secondary N) is 1. The Labute approximate surface area is 147 Å². The number of piperidine rings is 1. The minimum Gasteiger partial charge on any atom is -0.357 e. The van der Waals surface area contributed by atoms with Crippen molar-refractivity contribution in [3.63, 3.8) is 0 Å². The number of anilines is 1. The van der Waals surface area contributed by atoms with Crippen molar-refractivity contribution in [3.8, 4) is 0 Å². The van der Waals surface area contributed by atoms with Crippen LogP contribution in [0.25, 0.3) is 10.2 Å². The van der Waals surface area contributed by atoms with Gasteiger partial charge in [0.1, 0.15) is 5.82 Å². The number of thiophene rings is 1. The SMILES string of the molecule is O=C(NC1CC1)c1csc2c(C(F)(F)F)cc(N3CC[CH]CC3)nc12. The highest BCUT2D eigenvalue weighted by molar-refractivity contribution is 7.17. The van der Waals surface area contributed by atoms with Gasteiger partial charge in [-0.1, -0.05) is 0 Å². The molecule has 1 saturated carbocycles. The topological polar surface area (TPSA) is 45.2 Å². The number of aromatic nitrogens is 1. The first-order valence-electron chi connectivity index (χ1n) is 8.30. The van der Waals surface area contributed by atoms with Crippen LogP contribution in [0.4, 0.5) is 19.0 Å². The maximum atomic E-state index is 13.5. The van der Waals surface area contributed by atoms with Crippen molar-refractivity contribution >= 4 is 33.3 Å². The highest BCUT2D eigenvalue weighted by Gasteiger charge is 2.36. The Morgan fingerprint density at radius 3 is 2.64 bits per heavy atom. The number of nitrogens with zero attached hydrogens (tertiary/aromatic N) is 2. The molecule has 2 aliphatic rings. The zero-order valence-electron chi connectivity index (χ0n) is 13.4. The van der Waals surface area contributed by atoms with E-state index in [2.05, 4.69) is 16.7 Å². The number of rotatable bonds is 3. The molecule has 3 heterocycles. The van der Waals surface area contributed by atoms with Crippen LogP contribution in [0.2, 0.25) is 0 Å². The summed E-state index contributed by atoms with van der Waals surface area (Å²) in [5, 5.41) is 4.32. The van der Waals surface area contributed by atoms with Gasteiger partial charge < -0.3 is 10.2 Å². The second-order valence-corrected chi connectivity index (χ2v) is 7.33. The number of carbonyl (C=O) groups excluding carboxylic acids is 1. The van der Waals surface area contributed by atoms with E-state index in [-0.39, 0.29) is 27.7 Å². The van der Waals surface area contributed by atoms with Gasteiger partial charge in [-0.3, -0.25) is 4.79 Å². The van der Waals surface area contributed by atoms with Gasteiger partial charge in [0.2, 0.25) is 0 Å². The predicted molar refractivity (Wildman–Crippen MR) is 90.9 cm³/mol. The quantitative estimate of drug-likeness (QED) is 0.890. The average Bonchev–Trinajstić information content (AvgIpc) is 3.29. The second kappa shape index (κ2) is 6.16. The van der Waals surface area contributed by atoms with E-state index in [4.69, 9.17) is 0 Å². The minimum absolute atomic E-state index is 0.0285. The van der Waals surface area contributed by atoms with E-state index in [1.165, 1.54) is 5.38 Å². The fraction of sp³-hybridized carbons (Fsp3) is 0.471. The molecule has 1 aliphatic carbocycles. The van der Waals surface area contributed by atoms with Gasteiger partial charge in [0.25, 0.3) is 5.91 Å². The first-order chi connectivity index (χ1) is 11.9. The Morgan fingerprint density at radius 1 is 1.28 bits per heavy atom. The van der Waals surface area contributed by atoms with Crippen LogP contribution in [0, 0.1) is 6.42 Å². The first kappa shape index (κ1) is 16.6. The monoisotopic (exact) mass is 368 g/mol. The summed E-state index contributed by atoms with van der Waals surface area (Å²) in [6, 6.07) is 1.26. The highest BCUT2D eigenvalue weighted by atomic mass is 32.1. The molecule has 133 valence electrons. The molecular formula is C17H17F3N3OS. The molecule has 2 aromatic rings. The van der Waals surface area contributed by atoms with E-state index in [1.807, 2.05) is 4.90 Å². The molecule has 0 atom stereocenters. The lowest BCUT2D eigenvalue weighted by atomic mass is 10.1. The molecule has 1 amide bonds. The molecule has 25 heavy (non-hydrogen) atoms. The Balaban J connectivity index is 1.81. The Morgan fingerprint density at radius 2 is 2.00 bits per heavy atom. The van der Waals surface area contributed by atoms with Crippen LogP contribution in [0.3, 0.4) is 0 Å². The third-order valence-electron chi connectivity index (χ3n) is 4.50.